The lowest BCUT2D eigenvalue weighted by atomic mass is 10.2. The summed E-state index contributed by atoms with van der Waals surface area (Å²) in [6.45, 7) is 1.65. The van der Waals surface area contributed by atoms with Gasteiger partial charge in [0.2, 0.25) is 0 Å². The summed E-state index contributed by atoms with van der Waals surface area (Å²) >= 11 is 0. The summed E-state index contributed by atoms with van der Waals surface area (Å²) in [7, 11) is 0. The summed E-state index contributed by atoms with van der Waals surface area (Å²) in [4.78, 5) is 24.8. The van der Waals surface area contributed by atoms with Crippen LogP contribution < -0.4 is 4.74 Å². The molecule has 6 heteroatoms. The van der Waals surface area contributed by atoms with E-state index in [4.69, 9.17) is 4.74 Å². The van der Waals surface area contributed by atoms with Gasteiger partial charge in [0.25, 0.3) is 5.69 Å². The van der Waals surface area contributed by atoms with Gasteiger partial charge in [0, 0.05) is 17.3 Å². The average Bonchev–Trinajstić information content (AvgIpc) is 2.41. The van der Waals surface area contributed by atoms with Crippen LogP contribution in [0.4, 0.5) is 5.69 Å². The molecule has 0 aliphatic carbocycles. The quantitative estimate of drug-likeness (QED) is 0.478. The second kappa shape index (κ2) is 5.26. The molecule has 0 atom stereocenters. The number of aryl methyl sites for hydroxylation is 1. The predicted octanol–water partition coefficient (Wildman–Crippen LogP) is 2.90. The molecule has 0 saturated carbocycles. The van der Waals surface area contributed by atoms with E-state index in [1.807, 2.05) is 0 Å². The molecule has 6 nitrogen and oxygen atoms in total. The van der Waals surface area contributed by atoms with Crippen molar-refractivity contribution < 1.29 is 14.5 Å². The third kappa shape index (κ3) is 2.92. The lowest BCUT2D eigenvalue weighted by molar-refractivity contribution is -0.385. The molecule has 0 spiro atoms. The van der Waals surface area contributed by atoms with Gasteiger partial charge >= 0.3 is 0 Å². The van der Waals surface area contributed by atoms with Crippen molar-refractivity contribution in [3.63, 3.8) is 0 Å². The zero-order valence-electron chi connectivity index (χ0n) is 10.1. The van der Waals surface area contributed by atoms with Crippen LogP contribution in [0.15, 0.2) is 36.7 Å². The summed E-state index contributed by atoms with van der Waals surface area (Å²) in [6, 6.07) is 6.06. The summed E-state index contributed by atoms with van der Waals surface area (Å²) in [5, 5.41) is 10.8. The van der Waals surface area contributed by atoms with Crippen molar-refractivity contribution in [2.75, 3.05) is 0 Å². The van der Waals surface area contributed by atoms with Crippen molar-refractivity contribution in [3.8, 4) is 11.5 Å². The Kier molecular flexibility index (Phi) is 3.51. The Bertz CT molecular complexity index is 640. The summed E-state index contributed by atoms with van der Waals surface area (Å²) in [6.07, 6.45) is 3.48. The fraction of sp³-hybridized carbons (Fsp3) is 0.0769. The van der Waals surface area contributed by atoms with Crippen molar-refractivity contribution in [2.45, 2.75) is 6.92 Å². The molecule has 0 aliphatic heterocycles. The number of hydrogen-bond donors (Lipinski definition) is 0. The number of aromatic nitrogens is 1. The third-order valence-electron chi connectivity index (χ3n) is 2.48. The highest BCUT2D eigenvalue weighted by Crippen LogP contribution is 2.27. The minimum absolute atomic E-state index is 0.0167. The van der Waals surface area contributed by atoms with Crippen LogP contribution in [-0.4, -0.2) is 16.2 Å². The molecule has 0 radical (unpaired) electrons. The second-order valence-electron chi connectivity index (χ2n) is 3.88. The lowest BCUT2D eigenvalue weighted by Gasteiger charge is -2.06. The first-order chi connectivity index (χ1) is 9.10. The van der Waals surface area contributed by atoms with Crippen LogP contribution in [-0.2, 0) is 0 Å². The third-order valence-corrected chi connectivity index (χ3v) is 2.48. The van der Waals surface area contributed by atoms with Gasteiger partial charge in [-0.3, -0.25) is 19.9 Å². The molecule has 2 rings (SSSR count). The van der Waals surface area contributed by atoms with E-state index in [-0.39, 0.29) is 5.69 Å². The first-order valence-corrected chi connectivity index (χ1v) is 5.43. The van der Waals surface area contributed by atoms with Gasteiger partial charge in [0.05, 0.1) is 17.2 Å². The van der Waals surface area contributed by atoms with Crippen LogP contribution in [0.2, 0.25) is 0 Å². The Balaban J connectivity index is 2.30. The van der Waals surface area contributed by atoms with Gasteiger partial charge in [-0.25, -0.2) is 0 Å². The molecule has 0 amide bonds. The SMILES string of the molecule is Cc1ccc(Oc2cncc(C=O)c2)cc1[N+](=O)[O-]. The van der Waals surface area contributed by atoms with Gasteiger partial charge < -0.3 is 4.74 Å². The highest BCUT2D eigenvalue weighted by atomic mass is 16.6. The number of nitro groups is 1. The molecule has 0 saturated heterocycles. The number of hydrogen-bond acceptors (Lipinski definition) is 5. The molecule has 1 aromatic carbocycles. The van der Waals surface area contributed by atoms with Crippen LogP contribution in [0.1, 0.15) is 15.9 Å². The van der Waals surface area contributed by atoms with Crippen molar-refractivity contribution in [2.24, 2.45) is 0 Å². The van der Waals surface area contributed by atoms with Crippen molar-refractivity contribution in [1.82, 2.24) is 4.98 Å². The van der Waals surface area contributed by atoms with E-state index < -0.39 is 4.92 Å². The highest BCUT2D eigenvalue weighted by molar-refractivity contribution is 5.74. The molecule has 0 bridgehead atoms. The van der Waals surface area contributed by atoms with Gasteiger partial charge in [0.15, 0.2) is 6.29 Å². The number of benzene rings is 1. The monoisotopic (exact) mass is 258 g/mol. The Labute approximate surface area is 108 Å². The van der Waals surface area contributed by atoms with Gasteiger partial charge in [-0.15, -0.1) is 0 Å². The first-order valence-electron chi connectivity index (χ1n) is 5.43. The van der Waals surface area contributed by atoms with E-state index in [9.17, 15) is 14.9 Å². The van der Waals surface area contributed by atoms with Crippen molar-refractivity contribution in [3.05, 3.63) is 57.9 Å². The number of nitro benzene ring substituents is 1. The van der Waals surface area contributed by atoms with Crippen molar-refractivity contribution in [1.29, 1.82) is 0 Å². The van der Waals surface area contributed by atoms with E-state index in [2.05, 4.69) is 4.98 Å². The Morgan fingerprint density at radius 2 is 2.05 bits per heavy atom. The number of aldehydes is 1. The molecule has 2 aromatic rings. The zero-order valence-corrected chi connectivity index (χ0v) is 10.1. The molecule has 0 unspecified atom stereocenters. The summed E-state index contributed by atoms with van der Waals surface area (Å²) in [5.74, 6) is 0.671. The van der Waals surface area contributed by atoms with Gasteiger partial charge in [-0.2, -0.15) is 0 Å². The minimum atomic E-state index is -0.470. The number of ether oxygens (including phenoxy) is 1. The van der Waals surface area contributed by atoms with E-state index in [1.165, 1.54) is 24.5 Å². The second-order valence-corrected chi connectivity index (χ2v) is 3.88. The highest BCUT2D eigenvalue weighted by Gasteiger charge is 2.12. The van der Waals surface area contributed by atoms with E-state index >= 15 is 0 Å². The van der Waals surface area contributed by atoms with E-state index in [0.29, 0.717) is 28.9 Å². The van der Waals surface area contributed by atoms with Crippen LogP contribution in [0.25, 0.3) is 0 Å². The van der Waals surface area contributed by atoms with Gasteiger partial charge in [0.1, 0.15) is 11.5 Å². The van der Waals surface area contributed by atoms with Crippen LogP contribution in [0.5, 0.6) is 11.5 Å². The maximum absolute atomic E-state index is 10.8. The van der Waals surface area contributed by atoms with E-state index in [1.54, 1.807) is 19.1 Å². The molecule has 19 heavy (non-hydrogen) atoms. The summed E-state index contributed by atoms with van der Waals surface area (Å²) in [5.41, 5.74) is 0.910. The molecule has 96 valence electrons. The zero-order chi connectivity index (χ0) is 13.8. The summed E-state index contributed by atoms with van der Waals surface area (Å²) < 4.78 is 5.44. The predicted molar refractivity (Wildman–Crippen MR) is 67.5 cm³/mol. The minimum Gasteiger partial charge on any atom is -0.455 e. The number of pyridine rings is 1. The largest absolute Gasteiger partial charge is 0.455 e. The smallest absolute Gasteiger partial charge is 0.276 e. The molecular weight excluding hydrogens is 248 g/mol. The first kappa shape index (κ1) is 12.7. The standard InChI is InChI=1S/C13H10N2O4/c1-9-2-3-11(5-13(9)15(17)18)19-12-4-10(8-16)6-14-7-12/h2-8H,1H3. The molecule has 0 aliphatic rings. The van der Waals surface area contributed by atoms with Crippen molar-refractivity contribution >= 4 is 12.0 Å². The molecule has 0 N–H and O–H groups in total. The maximum Gasteiger partial charge on any atom is 0.276 e. The number of carbonyl (C=O) groups excluding carboxylic acids is 1. The Morgan fingerprint density at radius 3 is 2.74 bits per heavy atom. The van der Waals surface area contributed by atoms with Crippen LogP contribution in [0, 0.1) is 17.0 Å². The average molecular weight is 258 g/mol. The fourth-order valence-electron chi connectivity index (χ4n) is 1.54. The van der Waals surface area contributed by atoms with E-state index in [0.717, 1.165) is 0 Å². The fourth-order valence-corrected chi connectivity index (χ4v) is 1.54. The number of nitrogens with zero attached hydrogens (tertiary/aromatic N) is 2. The topological polar surface area (TPSA) is 82.3 Å². The Morgan fingerprint density at radius 1 is 1.26 bits per heavy atom. The molecule has 0 fully saturated rings. The van der Waals surface area contributed by atoms with Gasteiger partial charge in [-0.05, 0) is 25.1 Å². The van der Waals surface area contributed by atoms with Crippen LogP contribution in [0.3, 0.4) is 0 Å². The number of rotatable bonds is 4. The maximum atomic E-state index is 10.8. The molecular formula is C13H10N2O4. The lowest BCUT2D eigenvalue weighted by Crippen LogP contribution is -1.93. The van der Waals surface area contributed by atoms with Crippen LogP contribution >= 0.6 is 0 Å². The molecule has 1 heterocycles. The Hall–Kier alpha value is -2.76. The van der Waals surface area contributed by atoms with Gasteiger partial charge in [-0.1, -0.05) is 0 Å². The normalized spacial score (nSPS) is 9.95. The number of carbonyl (C=O) groups is 1. The molecule has 1 aromatic heterocycles.